The molecule has 0 unspecified atom stereocenters. The molecule has 0 aliphatic rings. The summed E-state index contributed by atoms with van der Waals surface area (Å²) < 4.78 is 2.00. The summed E-state index contributed by atoms with van der Waals surface area (Å²) in [5, 5.41) is 6.91. The van der Waals surface area contributed by atoms with E-state index in [2.05, 4.69) is 61.4 Å². The summed E-state index contributed by atoms with van der Waals surface area (Å²) in [6.07, 6.45) is 3.83. The van der Waals surface area contributed by atoms with Crippen LogP contribution in [0.15, 0.2) is 60.9 Å². The molecule has 90 valence electrons. The smallest absolute Gasteiger partial charge is 0.0819 e. The Hall–Kier alpha value is -2.09. The molecule has 0 N–H and O–H groups in total. The van der Waals surface area contributed by atoms with Crippen molar-refractivity contribution in [3.63, 3.8) is 0 Å². The Balaban J connectivity index is 2.14. The van der Waals surface area contributed by atoms with Gasteiger partial charge in [0.05, 0.1) is 5.54 Å². The highest BCUT2D eigenvalue weighted by atomic mass is 15.3. The van der Waals surface area contributed by atoms with Crippen LogP contribution in [-0.4, -0.2) is 9.78 Å². The van der Waals surface area contributed by atoms with Crippen molar-refractivity contribution in [3.05, 3.63) is 66.5 Å². The summed E-state index contributed by atoms with van der Waals surface area (Å²) in [4.78, 5) is 0. The molecule has 0 radical (unpaired) electrons. The second-order valence-electron chi connectivity index (χ2n) is 5.07. The fourth-order valence-corrected chi connectivity index (χ4v) is 2.30. The van der Waals surface area contributed by atoms with E-state index in [1.54, 1.807) is 0 Å². The molecule has 2 heteroatoms. The molecule has 1 aromatic heterocycles. The summed E-state index contributed by atoms with van der Waals surface area (Å²) in [5.41, 5.74) is 1.14. The fourth-order valence-electron chi connectivity index (χ4n) is 2.30. The third-order valence-electron chi connectivity index (χ3n) is 3.53. The summed E-state index contributed by atoms with van der Waals surface area (Å²) in [6.45, 7) is 4.37. The van der Waals surface area contributed by atoms with Gasteiger partial charge in [0.25, 0.3) is 0 Å². The maximum atomic E-state index is 4.36. The highest BCUT2D eigenvalue weighted by Crippen LogP contribution is 2.27. The van der Waals surface area contributed by atoms with Gasteiger partial charge in [-0.1, -0.05) is 36.4 Å². The average molecular weight is 236 g/mol. The zero-order chi connectivity index (χ0) is 12.6. The lowest BCUT2D eigenvalue weighted by atomic mass is 9.92. The van der Waals surface area contributed by atoms with E-state index in [1.165, 1.54) is 16.3 Å². The van der Waals surface area contributed by atoms with Crippen LogP contribution in [0.5, 0.6) is 0 Å². The Labute approximate surface area is 107 Å². The van der Waals surface area contributed by atoms with Crippen molar-refractivity contribution in [2.45, 2.75) is 19.4 Å². The van der Waals surface area contributed by atoms with Crippen LogP contribution in [-0.2, 0) is 5.54 Å². The zero-order valence-corrected chi connectivity index (χ0v) is 10.7. The predicted molar refractivity (Wildman–Crippen MR) is 74.6 cm³/mol. The minimum Gasteiger partial charge on any atom is -0.263 e. The summed E-state index contributed by atoms with van der Waals surface area (Å²) in [6, 6.07) is 17.0. The van der Waals surface area contributed by atoms with Gasteiger partial charge in [0.15, 0.2) is 0 Å². The van der Waals surface area contributed by atoms with Crippen molar-refractivity contribution in [2.75, 3.05) is 0 Å². The average Bonchev–Trinajstić information content (AvgIpc) is 2.92. The summed E-state index contributed by atoms with van der Waals surface area (Å²) in [5.74, 6) is 0. The Morgan fingerprint density at radius 1 is 0.944 bits per heavy atom. The van der Waals surface area contributed by atoms with Crippen molar-refractivity contribution in [3.8, 4) is 0 Å². The maximum absolute atomic E-state index is 4.36. The molecule has 0 aliphatic carbocycles. The number of benzene rings is 2. The van der Waals surface area contributed by atoms with Crippen LogP contribution in [0.3, 0.4) is 0 Å². The van der Waals surface area contributed by atoms with Gasteiger partial charge in [-0.2, -0.15) is 5.10 Å². The van der Waals surface area contributed by atoms with E-state index in [0.29, 0.717) is 0 Å². The Kier molecular flexibility index (Phi) is 2.44. The van der Waals surface area contributed by atoms with Gasteiger partial charge >= 0.3 is 0 Å². The lowest BCUT2D eigenvalue weighted by Gasteiger charge is -2.26. The SMILES string of the molecule is CC(C)(c1ccc2ccccc2c1)n1cccn1. The molecular weight excluding hydrogens is 220 g/mol. The lowest BCUT2D eigenvalue weighted by molar-refractivity contribution is 0.391. The molecular formula is C16H16N2. The third-order valence-corrected chi connectivity index (χ3v) is 3.53. The van der Waals surface area contributed by atoms with Crippen molar-refractivity contribution in [2.24, 2.45) is 0 Å². The molecule has 0 spiro atoms. The molecule has 0 saturated carbocycles. The third kappa shape index (κ3) is 1.70. The molecule has 2 nitrogen and oxygen atoms in total. The van der Waals surface area contributed by atoms with Gasteiger partial charge in [-0.3, -0.25) is 4.68 Å². The van der Waals surface area contributed by atoms with E-state index in [9.17, 15) is 0 Å². The quantitative estimate of drug-likeness (QED) is 0.661. The maximum Gasteiger partial charge on any atom is 0.0819 e. The lowest BCUT2D eigenvalue weighted by Crippen LogP contribution is -2.28. The minimum absolute atomic E-state index is 0.131. The predicted octanol–water partition coefficient (Wildman–Crippen LogP) is 3.82. The van der Waals surface area contributed by atoms with Crippen molar-refractivity contribution >= 4 is 10.8 Å². The number of nitrogens with zero attached hydrogens (tertiary/aromatic N) is 2. The fraction of sp³-hybridized carbons (Fsp3) is 0.188. The number of aromatic nitrogens is 2. The summed E-state index contributed by atoms with van der Waals surface area (Å²) in [7, 11) is 0. The second kappa shape index (κ2) is 3.98. The molecule has 3 aromatic rings. The van der Waals surface area contributed by atoms with Gasteiger partial charge in [-0.25, -0.2) is 0 Å². The van der Waals surface area contributed by atoms with Gasteiger partial charge in [-0.15, -0.1) is 0 Å². The van der Waals surface area contributed by atoms with E-state index >= 15 is 0 Å². The van der Waals surface area contributed by atoms with Crippen LogP contribution in [0, 0.1) is 0 Å². The van der Waals surface area contributed by atoms with E-state index in [4.69, 9.17) is 0 Å². The molecule has 0 amide bonds. The van der Waals surface area contributed by atoms with Crippen LogP contribution in [0.2, 0.25) is 0 Å². The van der Waals surface area contributed by atoms with Gasteiger partial charge in [-0.05, 0) is 42.3 Å². The normalized spacial score (nSPS) is 11.9. The number of rotatable bonds is 2. The molecule has 0 fully saturated rings. The number of hydrogen-bond acceptors (Lipinski definition) is 1. The van der Waals surface area contributed by atoms with Crippen LogP contribution in [0.4, 0.5) is 0 Å². The van der Waals surface area contributed by atoms with Gasteiger partial charge in [0, 0.05) is 12.4 Å². The largest absolute Gasteiger partial charge is 0.263 e. The zero-order valence-electron chi connectivity index (χ0n) is 10.7. The molecule has 3 rings (SSSR count). The molecule has 0 saturated heterocycles. The highest BCUT2D eigenvalue weighted by molar-refractivity contribution is 5.83. The van der Waals surface area contributed by atoms with Gasteiger partial charge < -0.3 is 0 Å². The molecule has 2 aromatic carbocycles. The second-order valence-corrected chi connectivity index (χ2v) is 5.07. The van der Waals surface area contributed by atoms with E-state index in [1.807, 2.05) is 23.1 Å². The van der Waals surface area contributed by atoms with Gasteiger partial charge in [0.2, 0.25) is 0 Å². The van der Waals surface area contributed by atoms with Crippen molar-refractivity contribution < 1.29 is 0 Å². The standard InChI is InChI=1S/C16H16N2/c1-16(2,18-11-5-10-17-18)15-9-8-13-6-3-4-7-14(13)12-15/h3-12H,1-2H3. The van der Waals surface area contributed by atoms with E-state index in [-0.39, 0.29) is 5.54 Å². The Bertz CT molecular complexity index is 666. The topological polar surface area (TPSA) is 17.8 Å². The minimum atomic E-state index is -0.131. The number of hydrogen-bond donors (Lipinski definition) is 0. The highest BCUT2D eigenvalue weighted by Gasteiger charge is 2.22. The Morgan fingerprint density at radius 3 is 2.44 bits per heavy atom. The van der Waals surface area contributed by atoms with Crippen LogP contribution in [0.1, 0.15) is 19.4 Å². The molecule has 18 heavy (non-hydrogen) atoms. The first kappa shape index (κ1) is 11.0. The van der Waals surface area contributed by atoms with Crippen molar-refractivity contribution in [1.29, 1.82) is 0 Å². The van der Waals surface area contributed by atoms with E-state index in [0.717, 1.165) is 0 Å². The van der Waals surface area contributed by atoms with E-state index < -0.39 is 0 Å². The Morgan fingerprint density at radius 2 is 1.72 bits per heavy atom. The first-order valence-corrected chi connectivity index (χ1v) is 6.17. The first-order valence-electron chi connectivity index (χ1n) is 6.17. The van der Waals surface area contributed by atoms with Gasteiger partial charge in [0.1, 0.15) is 0 Å². The van der Waals surface area contributed by atoms with Crippen LogP contribution >= 0.6 is 0 Å². The first-order chi connectivity index (χ1) is 8.68. The van der Waals surface area contributed by atoms with Crippen LogP contribution in [0.25, 0.3) is 10.8 Å². The monoisotopic (exact) mass is 236 g/mol. The van der Waals surface area contributed by atoms with Crippen molar-refractivity contribution in [1.82, 2.24) is 9.78 Å². The number of fused-ring (bicyclic) bond motifs is 1. The molecule has 0 aliphatic heterocycles. The molecule has 1 heterocycles. The summed E-state index contributed by atoms with van der Waals surface area (Å²) >= 11 is 0. The molecule has 0 atom stereocenters. The molecule has 0 bridgehead atoms. The van der Waals surface area contributed by atoms with Crippen LogP contribution < -0.4 is 0 Å².